The van der Waals surface area contributed by atoms with Gasteiger partial charge in [0.2, 0.25) is 5.91 Å². The Morgan fingerprint density at radius 1 is 1.27 bits per heavy atom. The molecule has 37 heavy (non-hydrogen) atoms. The second-order valence-corrected chi connectivity index (χ2v) is 9.67. The number of nitrogens with one attached hydrogen (secondary N) is 4. The first kappa shape index (κ1) is 26.1. The number of carbonyl (C=O) groups excluding carboxylic acids is 2. The van der Waals surface area contributed by atoms with Gasteiger partial charge in [-0.2, -0.15) is 0 Å². The Kier molecular flexibility index (Phi) is 8.05. The van der Waals surface area contributed by atoms with Crippen molar-refractivity contribution in [3.05, 3.63) is 59.3 Å². The molecule has 4 rings (SSSR count). The number of hydrogen-bond donors (Lipinski definition) is 4. The zero-order valence-corrected chi connectivity index (χ0v) is 21.5. The van der Waals surface area contributed by atoms with E-state index in [0.29, 0.717) is 28.3 Å². The van der Waals surface area contributed by atoms with Crippen molar-refractivity contribution in [1.29, 1.82) is 5.41 Å². The normalized spacial score (nSPS) is 17.2. The number of halogens is 1. The summed E-state index contributed by atoms with van der Waals surface area (Å²) >= 11 is 0. The SMILES string of the molecule is CN/C=C(\C=N)c1cc(F)cc(CNC(=O)c2nccc3c2N(CC(=O)N(C)C)C(C2CCCC2)N3)c1. The van der Waals surface area contributed by atoms with Crippen molar-refractivity contribution in [2.75, 3.05) is 37.9 Å². The second-order valence-electron chi connectivity index (χ2n) is 9.67. The fourth-order valence-electron chi connectivity index (χ4n) is 5.06. The predicted octanol–water partition coefficient (Wildman–Crippen LogP) is 3.20. The van der Waals surface area contributed by atoms with E-state index in [1.807, 2.05) is 11.0 Å². The fraction of sp³-hybridized carbons (Fsp3) is 0.407. The Morgan fingerprint density at radius 3 is 2.70 bits per heavy atom. The number of anilines is 2. The molecule has 2 aromatic rings. The summed E-state index contributed by atoms with van der Waals surface area (Å²) in [7, 11) is 5.14. The van der Waals surface area contributed by atoms with Crippen molar-refractivity contribution in [3.63, 3.8) is 0 Å². The van der Waals surface area contributed by atoms with Crippen LogP contribution in [0.25, 0.3) is 5.57 Å². The van der Waals surface area contributed by atoms with Gasteiger partial charge in [0.05, 0.1) is 17.9 Å². The van der Waals surface area contributed by atoms with Gasteiger partial charge in [-0.25, -0.2) is 9.37 Å². The van der Waals surface area contributed by atoms with E-state index < -0.39 is 11.7 Å². The lowest BCUT2D eigenvalue weighted by atomic mass is 10.0. The van der Waals surface area contributed by atoms with Crippen LogP contribution in [-0.4, -0.2) is 61.8 Å². The average Bonchev–Trinajstić information content (AvgIpc) is 3.53. The highest BCUT2D eigenvalue weighted by atomic mass is 19.1. The molecule has 0 radical (unpaired) electrons. The predicted molar refractivity (Wildman–Crippen MR) is 143 cm³/mol. The highest BCUT2D eigenvalue weighted by Crippen LogP contribution is 2.42. The smallest absolute Gasteiger partial charge is 0.272 e. The third kappa shape index (κ3) is 5.73. The molecule has 1 aliphatic carbocycles. The molecular weight excluding hydrogens is 473 g/mol. The van der Waals surface area contributed by atoms with Gasteiger partial charge in [0, 0.05) is 51.9 Å². The van der Waals surface area contributed by atoms with E-state index in [0.717, 1.165) is 37.6 Å². The van der Waals surface area contributed by atoms with E-state index in [9.17, 15) is 14.0 Å². The number of likely N-dealkylation sites (N-methyl/N-ethyl adjacent to an activating group) is 1. The molecule has 1 aromatic heterocycles. The molecule has 1 unspecified atom stereocenters. The number of pyridine rings is 1. The maximum absolute atomic E-state index is 14.3. The fourth-order valence-corrected chi connectivity index (χ4v) is 5.06. The molecule has 0 bridgehead atoms. The maximum atomic E-state index is 14.3. The first-order valence-electron chi connectivity index (χ1n) is 12.5. The molecular formula is C27H34FN7O2. The lowest BCUT2D eigenvalue weighted by Crippen LogP contribution is -2.46. The molecule has 10 heteroatoms. The summed E-state index contributed by atoms with van der Waals surface area (Å²) in [4.78, 5) is 34.0. The van der Waals surface area contributed by atoms with Crippen LogP contribution in [0.5, 0.6) is 0 Å². The molecule has 9 nitrogen and oxygen atoms in total. The molecule has 1 aromatic carbocycles. The number of aromatic nitrogens is 1. The Balaban J connectivity index is 1.59. The van der Waals surface area contributed by atoms with Gasteiger partial charge >= 0.3 is 0 Å². The number of hydrogen-bond acceptors (Lipinski definition) is 7. The van der Waals surface area contributed by atoms with Gasteiger partial charge in [-0.15, -0.1) is 0 Å². The van der Waals surface area contributed by atoms with Gasteiger partial charge in [0.1, 0.15) is 12.0 Å². The van der Waals surface area contributed by atoms with Crippen molar-refractivity contribution in [2.24, 2.45) is 5.92 Å². The highest BCUT2D eigenvalue weighted by molar-refractivity contribution is 6.08. The van der Waals surface area contributed by atoms with Crippen LogP contribution in [0, 0.1) is 17.1 Å². The Morgan fingerprint density at radius 2 is 2.03 bits per heavy atom. The average molecular weight is 508 g/mol. The van der Waals surface area contributed by atoms with Crippen LogP contribution in [-0.2, 0) is 11.3 Å². The molecule has 0 saturated heterocycles. The van der Waals surface area contributed by atoms with Crippen molar-refractivity contribution >= 4 is 35.0 Å². The van der Waals surface area contributed by atoms with Crippen LogP contribution in [0.15, 0.2) is 36.7 Å². The van der Waals surface area contributed by atoms with Crippen LogP contribution in [0.1, 0.15) is 47.3 Å². The van der Waals surface area contributed by atoms with E-state index in [-0.39, 0.29) is 30.9 Å². The standard InChI is InChI=1S/C27H34FN7O2/c1-30-15-20(13-29)19-10-17(11-21(28)12-19)14-32-27(37)24-25-22(8-9-31-24)33-26(18-6-4-5-7-18)35(25)16-23(36)34(2)3/h8-13,15,18,26,29-30,33H,4-7,14,16H2,1-3H3,(H,32,37)/b20-15+,29-13?. The van der Waals surface area contributed by atoms with E-state index in [2.05, 4.69) is 20.9 Å². The number of allylic oxidation sites excluding steroid dienone is 1. The largest absolute Gasteiger partial charge is 0.393 e. The zero-order chi connectivity index (χ0) is 26.5. The molecule has 0 spiro atoms. The van der Waals surface area contributed by atoms with Crippen LogP contribution >= 0.6 is 0 Å². The molecule has 196 valence electrons. The van der Waals surface area contributed by atoms with E-state index in [4.69, 9.17) is 5.41 Å². The minimum atomic E-state index is -0.457. The number of fused-ring (bicyclic) bond motifs is 1. The summed E-state index contributed by atoms with van der Waals surface area (Å²) < 4.78 is 14.3. The number of benzene rings is 1. The molecule has 2 aliphatic rings. The molecule has 1 fully saturated rings. The van der Waals surface area contributed by atoms with Crippen molar-refractivity contribution < 1.29 is 14.0 Å². The van der Waals surface area contributed by atoms with Crippen LogP contribution < -0.4 is 20.9 Å². The first-order valence-corrected chi connectivity index (χ1v) is 12.5. The summed E-state index contributed by atoms with van der Waals surface area (Å²) in [6.07, 6.45) is 8.69. The van der Waals surface area contributed by atoms with E-state index in [1.54, 1.807) is 44.5 Å². The van der Waals surface area contributed by atoms with Crippen molar-refractivity contribution in [1.82, 2.24) is 20.5 Å². The third-order valence-electron chi connectivity index (χ3n) is 6.92. The number of nitrogens with zero attached hydrogens (tertiary/aromatic N) is 3. The van der Waals surface area contributed by atoms with Crippen LogP contribution in [0.2, 0.25) is 0 Å². The Hall–Kier alpha value is -3.95. The lowest BCUT2D eigenvalue weighted by molar-refractivity contribution is -0.127. The Labute approximate surface area is 216 Å². The van der Waals surface area contributed by atoms with Gasteiger partial charge < -0.3 is 31.2 Å². The quantitative estimate of drug-likeness (QED) is 0.388. The minimum Gasteiger partial charge on any atom is -0.393 e. The van der Waals surface area contributed by atoms with Gasteiger partial charge in [-0.3, -0.25) is 9.59 Å². The van der Waals surface area contributed by atoms with Gasteiger partial charge in [-0.1, -0.05) is 12.8 Å². The van der Waals surface area contributed by atoms with Crippen LogP contribution in [0.4, 0.5) is 15.8 Å². The third-order valence-corrected chi connectivity index (χ3v) is 6.92. The molecule has 1 saturated carbocycles. The molecule has 2 amide bonds. The summed E-state index contributed by atoms with van der Waals surface area (Å²) in [5.41, 5.74) is 3.23. The number of carbonyl (C=O) groups is 2. The molecule has 2 heterocycles. The number of rotatable bonds is 9. The minimum absolute atomic E-state index is 0.0585. The summed E-state index contributed by atoms with van der Waals surface area (Å²) in [6.45, 7) is 0.216. The topological polar surface area (TPSA) is 113 Å². The number of amides is 2. The monoisotopic (exact) mass is 507 g/mol. The zero-order valence-electron chi connectivity index (χ0n) is 21.5. The molecule has 4 N–H and O–H groups in total. The Bertz CT molecular complexity index is 1210. The van der Waals surface area contributed by atoms with Gasteiger partial charge in [0.25, 0.3) is 5.91 Å². The van der Waals surface area contributed by atoms with Crippen LogP contribution in [0.3, 0.4) is 0 Å². The summed E-state index contributed by atoms with van der Waals surface area (Å²) in [5.74, 6) is -0.548. The maximum Gasteiger partial charge on any atom is 0.272 e. The van der Waals surface area contributed by atoms with E-state index in [1.165, 1.54) is 12.1 Å². The highest BCUT2D eigenvalue weighted by Gasteiger charge is 2.39. The summed E-state index contributed by atoms with van der Waals surface area (Å²) in [5, 5.41) is 16.8. The van der Waals surface area contributed by atoms with Gasteiger partial charge in [0.15, 0.2) is 5.69 Å². The van der Waals surface area contributed by atoms with E-state index >= 15 is 0 Å². The van der Waals surface area contributed by atoms with Gasteiger partial charge in [-0.05, 0) is 54.2 Å². The van der Waals surface area contributed by atoms with Crippen molar-refractivity contribution in [3.8, 4) is 0 Å². The summed E-state index contributed by atoms with van der Waals surface area (Å²) in [6, 6.07) is 6.27. The first-order chi connectivity index (χ1) is 17.8. The molecule has 1 atom stereocenters. The molecule has 1 aliphatic heterocycles. The van der Waals surface area contributed by atoms with Crippen molar-refractivity contribution in [2.45, 2.75) is 38.4 Å². The lowest BCUT2D eigenvalue weighted by Gasteiger charge is -2.32. The second kappa shape index (κ2) is 11.4.